The van der Waals surface area contributed by atoms with Gasteiger partial charge in [0.2, 0.25) is 0 Å². The first kappa shape index (κ1) is 15.0. The van der Waals surface area contributed by atoms with Crippen LogP contribution in [0.2, 0.25) is 0 Å². The number of nitrogens with one attached hydrogen (secondary N) is 1. The summed E-state index contributed by atoms with van der Waals surface area (Å²) in [5.74, 6) is 0.797. The SMILES string of the molecule is CNC1CCCCCC1N(C)C(C)CC(C)C. The maximum atomic E-state index is 3.54. The second-order valence-electron chi connectivity index (χ2n) is 6.24. The average molecular weight is 240 g/mol. The smallest absolute Gasteiger partial charge is 0.0248 e. The fourth-order valence-electron chi connectivity index (χ4n) is 3.29. The molecule has 0 aromatic carbocycles. The van der Waals surface area contributed by atoms with Crippen LogP contribution in [0.5, 0.6) is 0 Å². The molecule has 1 aliphatic carbocycles. The predicted octanol–water partition coefficient (Wildman–Crippen LogP) is 3.27. The van der Waals surface area contributed by atoms with Gasteiger partial charge in [-0.2, -0.15) is 0 Å². The zero-order chi connectivity index (χ0) is 12.8. The van der Waals surface area contributed by atoms with E-state index >= 15 is 0 Å². The molecule has 0 radical (unpaired) electrons. The molecule has 1 N–H and O–H groups in total. The molecule has 0 amide bonds. The van der Waals surface area contributed by atoms with Crippen molar-refractivity contribution >= 4 is 0 Å². The molecule has 0 aromatic rings. The highest BCUT2D eigenvalue weighted by molar-refractivity contribution is 4.87. The number of hydrogen-bond donors (Lipinski definition) is 1. The summed E-state index contributed by atoms with van der Waals surface area (Å²) in [5, 5.41) is 3.54. The standard InChI is InChI=1S/C15H32N2/c1-12(2)11-13(3)17(5)15-10-8-6-7-9-14(15)16-4/h12-16H,6-11H2,1-5H3. The minimum Gasteiger partial charge on any atom is -0.315 e. The molecule has 1 rings (SSSR count). The number of likely N-dealkylation sites (N-methyl/N-ethyl adjacent to an activating group) is 2. The normalized spacial score (nSPS) is 28.4. The molecule has 2 nitrogen and oxygen atoms in total. The molecule has 1 saturated carbocycles. The molecule has 3 unspecified atom stereocenters. The Hall–Kier alpha value is -0.0800. The molecule has 0 aromatic heterocycles. The summed E-state index contributed by atoms with van der Waals surface area (Å²) in [6, 6.07) is 2.13. The van der Waals surface area contributed by atoms with E-state index < -0.39 is 0 Å². The van der Waals surface area contributed by atoms with Gasteiger partial charge < -0.3 is 5.32 Å². The van der Waals surface area contributed by atoms with Crippen molar-refractivity contribution in [3.05, 3.63) is 0 Å². The van der Waals surface area contributed by atoms with E-state index in [9.17, 15) is 0 Å². The van der Waals surface area contributed by atoms with Gasteiger partial charge in [0.15, 0.2) is 0 Å². The van der Waals surface area contributed by atoms with Gasteiger partial charge in [-0.3, -0.25) is 4.90 Å². The topological polar surface area (TPSA) is 15.3 Å². The quantitative estimate of drug-likeness (QED) is 0.742. The van der Waals surface area contributed by atoms with Crippen molar-refractivity contribution in [2.45, 2.75) is 77.4 Å². The van der Waals surface area contributed by atoms with Gasteiger partial charge in [0, 0.05) is 18.1 Å². The number of hydrogen-bond acceptors (Lipinski definition) is 2. The summed E-state index contributed by atoms with van der Waals surface area (Å²) in [5.41, 5.74) is 0. The Bertz CT molecular complexity index is 203. The monoisotopic (exact) mass is 240 g/mol. The first-order valence-electron chi connectivity index (χ1n) is 7.45. The molecule has 0 aliphatic heterocycles. The van der Waals surface area contributed by atoms with Crippen molar-refractivity contribution in [1.82, 2.24) is 10.2 Å². The lowest BCUT2D eigenvalue weighted by Crippen LogP contribution is -2.50. The van der Waals surface area contributed by atoms with E-state index in [4.69, 9.17) is 0 Å². The summed E-state index contributed by atoms with van der Waals surface area (Å²) in [4.78, 5) is 2.63. The lowest BCUT2D eigenvalue weighted by Gasteiger charge is -2.38. The van der Waals surface area contributed by atoms with Crippen LogP contribution in [-0.4, -0.2) is 37.1 Å². The van der Waals surface area contributed by atoms with Crippen LogP contribution in [0, 0.1) is 5.92 Å². The molecule has 17 heavy (non-hydrogen) atoms. The molecule has 0 spiro atoms. The molecule has 0 saturated heterocycles. The lowest BCUT2D eigenvalue weighted by atomic mass is 9.97. The van der Waals surface area contributed by atoms with Crippen LogP contribution in [0.4, 0.5) is 0 Å². The van der Waals surface area contributed by atoms with Crippen LogP contribution in [0.15, 0.2) is 0 Å². The van der Waals surface area contributed by atoms with Gasteiger partial charge in [0.25, 0.3) is 0 Å². The van der Waals surface area contributed by atoms with Gasteiger partial charge in [0.05, 0.1) is 0 Å². The van der Waals surface area contributed by atoms with Gasteiger partial charge in [-0.1, -0.05) is 33.1 Å². The number of rotatable bonds is 5. The first-order valence-corrected chi connectivity index (χ1v) is 7.45. The van der Waals surface area contributed by atoms with E-state index in [-0.39, 0.29) is 0 Å². The molecule has 102 valence electrons. The summed E-state index contributed by atoms with van der Waals surface area (Å²) < 4.78 is 0. The molecule has 1 fully saturated rings. The van der Waals surface area contributed by atoms with E-state index in [0.29, 0.717) is 12.1 Å². The molecule has 3 atom stereocenters. The second-order valence-corrected chi connectivity index (χ2v) is 6.24. The zero-order valence-corrected chi connectivity index (χ0v) is 12.5. The largest absolute Gasteiger partial charge is 0.315 e. The summed E-state index contributed by atoms with van der Waals surface area (Å²) in [6.45, 7) is 7.04. The highest BCUT2D eigenvalue weighted by Crippen LogP contribution is 2.24. The lowest BCUT2D eigenvalue weighted by molar-refractivity contribution is 0.128. The highest BCUT2D eigenvalue weighted by Gasteiger charge is 2.28. The van der Waals surface area contributed by atoms with Crippen molar-refractivity contribution in [3.63, 3.8) is 0 Å². The van der Waals surface area contributed by atoms with Gasteiger partial charge in [-0.25, -0.2) is 0 Å². The Balaban J connectivity index is 2.59. The fourth-order valence-corrected chi connectivity index (χ4v) is 3.29. The maximum Gasteiger partial charge on any atom is 0.0248 e. The number of nitrogens with zero attached hydrogens (tertiary/aromatic N) is 1. The van der Waals surface area contributed by atoms with Crippen LogP contribution in [0.1, 0.15) is 59.3 Å². The van der Waals surface area contributed by atoms with E-state index in [1.807, 2.05) is 0 Å². The molecular formula is C15H32N2. The molecule has 1 aliphatic rings. The van der Waals surface area contributed by atoms with Crippen molar-refractivity contribution in [2.75, 3.05) is 14.1 Å². The Morgan fingerprint density at radius 2 is 1.76 bits per heavy atom. The Labute approximate surface area is 108 Å². The van der Waals surface area contributed by atoms with Crippen molar-refractivity contribution in [2.24, 2.45) is 5.92 Å². The maximum absolute atomic E-state index is 3.54. The van der Waals surface area contributed by atoms with Crippen LogP contribution >= 0.6 is 0 Å². The van der Waals surface area contributed by atoms with Gasteiger partial charge in [0.1, 0.15) is 0 Å². The Morgan fingerprint density at radius 1 is 1.12 bits per heavy atom. The second kappa shape index (κ2) is 7.38. The molecule has 0 bridgehead atoms. The first-order chi connectivity index (χ1) is 8.06. The predicted molar refractivity (Wildman–Crippen MR) is 76.4 cm³/mol. The van der Waals surface area contributed by atoms with Gasteiger partial charge >= 0.3 is 0 Å². The minimum absolute atomic E-state index is 0.692. The molecule has 2 heteroatoms. The van der Waals surface area contributed by atoms with Crippen LogP contribution in [0.3, 0.4) is 0 Å². The third-order valence-corrected chi connectivity index (χ3v) is 4.38. The molecule has 0 heterocycles. The molecular weight excluding hydrogens is 208 g/mol. The minimum atomic E-state index is 0.692. The summed E-state index contributed by atoms with van der Waals surface area (Å²) >= 11 is 0. The van der Waals surface area contributed by atoms with Crippen molar-refractivity contribution in [3.8, 4) is 0 Å². The van der Waals surface area contributed by atoms with Gasteiger partial charge in [-0.15, -0.1) is 0 Å². The van der Waals surface area contributed by atoms with E-state index in [1.54, 1.807) is 0 Å². The fraction of sp³-hybridized carbons (Fsp3) is 1.00. The van der Waals surface area contributed by atoms with Crippen molar-refractivity contribution < 1.29 is 0 Å². The highest BCUT2D eigenvalue weighted by atomic mass is 15.2. The summed E-state index contributed by atoms with van der Waals surface area (Å²) in [7, 11) is 4.46. The third kappa shape index (κ3) is 4.59. The van der Waals surface area contributed by atoms with E-state index in [2.05, 4.69) is 45.1 Å². The van der Waals surface area contributed by atoms with Crippen molar-refractivity contribution in [1.29, 1.82) is 0 Å². The van der Waals surface area contributed by atoms with Gasteiger partial charge in [-0.05, 0) is 46.2 Å². The Morgan fingerprint density at radius 3 is 2.35 bits per heavy atom. The van der Waals surface area contributed by atoms with Crippen LogP contribution < -0.4 is 5.32 Å². The summed E-state index contributed by atoms with van der Waals surface area (Å²) in [6.07, 6.45) is 8.24. The third-order valence-electron chi connectivity index (χ3n) is 4.38. The Kier molecular flexibility index (Phi) is 6.50. The van der Waals surface area contributed by atoms with Crippen LogP contribution in [0.25, 0.3) is 0 Å². The van der Waals surface area contributed by atoms with Crippen LogP contribution in [-0.2, 0) is 0 Å². The zero-order valence-electron chi connectivity index (χ0n) is 12.5. The van der Waals surface area contributed by atoms with E-state index in [1.165, 1.54) is 38.5 Å². The average Bonchev–Trinajstić information content (AvgIpc) is 2.51. The van der Waals surface area contributed by atoms with E-state index in [0.717, 1.165) is 12.0 Å².